The summed E-state index contributed by atoms with van der Waals surface area (Å²) in [5.41, 5.74) is 2.95. The van der Waals surface area contributed by atoms with Gasteiger partial charge in [0.15, 0.2) is 0 Å². The first-order valence-electron chi connectivity index (χ1n) is 5.70. The molecule has 0 saturated heterocycles. The van der Waals surface area contributed by atoms with Gasteiger partial charge in [-0.1, -0.05) is 17.7 Å². The van der Waals surface area contributed by atoms with Gasteiger partial charge in [0, 0.05) is 27.8 Å². The molecule has 0 saturated carbocycles. The smallest absolute Gasteiger partial charge is 0.130 e. The number of nitrogens with zero attached hydrogens (tertiary/aromatic N) is 1. The minimum atomic E-state index is 0.695. The average Bonchev–Trinajstić information content (AvgIpc) is 2.77. The normalized spacial score (nSPS) is 10.8. The minimum absolute atomic E-state index is 0.695. The Morgan fingerprint density at radius 3 is 2.94 bits per heavy atom. The number of pyridine rings is 1. The number of H-pyrrole nitrogens is 1. The molecule has 2 heterocycles. The number of anilines is 2. The van der Waals surface area contributed by atoms with Gasteiger partial charge in [0.1, 0.15) is 5.82 Å². The van der Waals surface area contributed by atoms with Crippen molar-refractivity contribution in [3.63, 3.8) is 0 Å². The molecular formula is C14H12ClN3. The lowest BCUT2D eigenvalue weighted by Gasteiger charge is -2.08. The van der Waals surface area contributed by atoms with Gasteiger partial charge in [-0.2, -0.15) is 0 Å². The van der Waals surface area contributed by atoms with Crippen molar-refractivity contribution in [3.8, 4) is 0 Å². The quantitative estimate of drug-likeness (QED) is 0.720. The second kappa shape index (κ2) is 4.35. The lowest BCUT2D eigenvalue weighted by atomic mass is 10.2. The molecule has 1 aromatic carbocycles. The van der Waals surface area contributed by atoms with Gasteiger partial charge < -0.3 is 10.3 Å². The summed E-state index contributed by atoms with van der Waals surface area (Å²) in [7, 11) is 0. The molecule has 0 amide bonds. The van der Waals surface area contributed by atoms with E-state index in [1.807, 2.05) is 49.5 Å². The van der Waals surface area contributed by atoms with Crippen LogP contribution in [0.15, 0.2) is 42.6 Å². The van der Waals surface area contributed by atoms with E-state index < -0.39 is 0 Å². The minimum Gasteiger partial charge on any atom is -0.361 e. The maximum atomic E-state index is 6.10. The van der Waals surface area contributed by atoms with Crippen LogP contribution in [0.25, 0.3) is 10.9 Å². The molecule has 3 nitrogen and oxygen atoms in total. The molecule has 0 aliphatic rings. The van der Waals surface area contributed by atoms with Crippen LogP contribution in [0.5, 0.6) is 0 Å². The third-order valence-electron chi connectivity index (χ3n) is 2.78. The van der Waals surface area contributed by atoms with Crippen molar-refractivity contribution >= 4 is 34.0 Å². The van der Waals surface area contributed by atoms with E-state index in [0.29, 0.717) is 5.02 Å². The number of aromatic nitrogens is 2. The molecule has 3 aromatic rings. The molecule has 4 heteroatoms. The largest absolute Gasteiger partial charge is 0.361 e. The predicted octanol–water partition coefficient (Wildman–Crippen LogP) is 4.27. The fourth-order valence-electron chi connectivity index (χ4n) is 1.99. The number of hydrogen-bond acceptors (Lipinski definition) is 2. The lowest BCUT2D eigenvalue weighted by Crippen LogP contribution is -1.95. The maximum absolute atomic E-state index is 6.10. The Kier molecular flexibility index (Phi) is 2.68. The molecule has 0 unspecified atom stereocenters. The number of rotatable bonds is 2. The number of nitrogens with one attached hydrogen (secondary N) is 2. The molecule has 0 aliphatic carbocycles. The Morgan fingerprint density at radius 1 is 1.22 bits per heavy atom. The van der Waals surface area contributed by atoms with E-state index in [-0.39, 0.29) is 0 Å². The Hall–Kier alpha value is -2.00. The summed E-state index contributed by atoms with van der Waals surface area (Å²) in [4.78, 5) is 7.58. The molecule has 0 bridgehead atoms. The van der Waals surface area contributed by atoms with E-state index >= 15 is 0 Å². The molecule has 0 spiro atoms. The van der Waals surface area contributed by atoms with Crippen LogP contribution in [0, 0.1) is 6.92 Å². The molecular weight excluding hydrogens is 246 g/mol. The lowest BCUT2D eigenvalue weighted by molar-refractivity contribution is 1.20. The topological polar surface area (TPSA) is 40.7 Å². The second-order valence-corrected chi connectivity index (χ2v) is 4.62. The highest BCUT2D eigenvalue weighted by Crippen LogP contribution is 2.29. The van der Waals surface area contributed by atoms with Gasteiger partial charge in [0.05, 0.1) is 5.69 Å². The zero-order chi connectivity index (χ0) is 12.5. The molecule has 2 N–H and O–H groups in total. The van der Waals surface area contributed by atoms with Gasteiger partial charge in [-0.3, -0.25) is 0 Å². The number of hydrogen-bond donors (Lipinski definition) is 2. The van der Waals surface area contributed by atoms with Crippen LogP contribution in [0.2, 0.25) is 5.02 Å². The summed E-state index contributed by atoms with van der Waals surface area (Å²) in [6.45, 7) is 1.97. The Balaban J connectivity index is 2.06. The second-order valence-electron chi connectivity index (χ2n) is 4.18. The van der Waals surface area contributed by atoms with E-state index in [1.54, 1.807) is 0 Å². The zero-order valence-corrected chi connectivity index (χ0v) is 10.6. The summed E-state index contributed by atoms with van der Waals surface area (Å²) in [6.07, 6.45) is 1.90. The van der Waals surface area contributed by atoms with Crippen LogP contribution in [-0.4, -0.2) is 9.97 Å². The highest BCUT2D eigenvalue weighted by molar-refractivity contribution is 6.31. The number of aromatic amines is 1. The molecule has 3 rings (SSSR count). The van der Waals surface area contributed by atoms with Crippen LogP contribution in [0.1, 0.15) is 5.69 Å². The Bertz CT molecular complexity index is 703. The summed E-state index contributed by atoms with van der Waals surface area (Å²) in [5, 5.41) is 5.09. The van der Waals surface area contributed by atoms with E-state index in [4.69, 9.17) is 11.6 Å². The molecule has 90 valence electrons. The van der Waals surface area contributed by atoms with E-state index in [0.717, 1.165) is 28.1 Å². The van der Waals surface area contributed by atoms with Gasteiger partial charge in [-0.05, 0) is 37.3 Å². The van der Waals surface area contributed by atoms with Crippen LogP contribution >= 0.6 is 11.6 Å². The molecule has 0 atom stereocenters. The van der Waals surface area contributed by atoms with Crippen LogP contribution in [0.3, 0.4) is 0 Å². The first-order chi connectivity index (χ1) is 8.72. The fraction of sp³-hybridized carbons (Fsp3) is 0.0714. The average molecular weight is 258 g/mol. The molecule has 0 fully saturated rings. The Labute approximate surface area is 110 Å². The van der Waals surface area contributed by atoms with Crippen LogP contribution in [0.4, 0.5) is 11.5 Å². The summed E-state index contributed by atoms with van der Waals surface area (Å²) >= 11 is 6.10. The highest BCUT2D eigenvalue weighted by atomic mass is 35.5. The molecule has 18 heavy (non-hydrogen) atoms. The third kappa shape index (κ3) is 2.05. The van der Waals surface area contributed by atoms with Gasteiger partial charge in [0.25, 0.3) is 0 Å². The number of fused-ring (bicyclic) bond motifs is 1. The van der Waals surface area contributed by atoms with Gasteiger partial charge >= 0.3 is 0 Å². The van der Waals surface area contributed by atoms with Crippen LogP contribution in [-0.2, 0) is 0 Å². The highest BCUT2D eigenvalue weighted by Gasteiger charge is 2.05. The van der Waals surface area contributed by atoms with Crippen molar-refractivity contribution in [1.82, 2.24) is 9.97 Å². The SMILES string of the molecule is Cc1cccc(Nc2cc(Cl)cc3[nH]ccc23)n1. The summed E-state index contributed by atoms with van der Waals surface area (Å²) < 4.78 is 0. The molecule has 0 radical (unpaired) electrons. The van der Waals surface area contributed by atoms with Crippen molar-refractivity contribution in [1.29, 1.82) is 0 Å². The zero-order valence-electron chi connectivity index (χ0n) is 9.87. The standard InChI is InChI=1S/C14H12ClN3/c1-9-3-2-4-14(17-9)18-13-8-10(15)7-12-11(13)5-6-16-12/h2-8,16H,1H3,(H,17,18). The predicted molar refractivity (Wildman–Crippen MR) is 75.6 cm³/mol. The maximum Gasteiger partial charge on any atom is 0.130 e. The first-order valence-corrected chi connectivity index (χ1v) is 6.07. The van der Waals surface area contributed by atoms with Crippen LogP contribution < -0.4 is 5.32 Å². The van der Waals surface area contributed by atoms with Crippen molar-refractivity contribution in [2.24, 2.45) is 0 Å². The number of halogens is 1. The van der Waals surface area contributed by atoms with Crippen molar-refractivity contribution in [2.45, 2.75) is 6.92 Å². The van der Waals surface area contributed by atoms with Crippen molar-refractivity contribution < 1.29 is 0 Å². The van der Waals surface area contributed by atoms with E-state index in [9.17, 15) is 0 Å². The number of benzene rings is 1. The monoisotopic (exact) mass is 257 g/mol. The van der Waals surface area contributed by atoms with Crippen molar-refractivity contribution in [2.75, 3.05) is 5.32 Å². The fourth-order valence-corrected chi connectivity index (χ4v) is 2.20. The number of aryl methyl sites for hydroxylation is 1. The Morgan fingerprint density at radius 2 is 2.11 bits per heavy atom. The van der Waals surface area contributed by atoms with E-state index in [2.05, 4.69) is 15.3 Å². The summed E-state index contributed by atoms with van der Waals surface area (Å²) in [6, 6.07) is 11.7. The molecule has 2 aromatic heterocycles. The summed E-state index contributed by atoms with van der Waals surface area (Å²) in [5.74, 6) is 0.819. The van der Waals surface area contributed by atoms with E-state index in [1.165, 1.54) is 0 Å². The van der Waals surface area contributed by atoms with Crippen molar-refractivity contribution in [3.05, 3.63) is 53.3 Å². The van der Waals surface area contributed by atoms with Gasteiger partial charge in [-0.25, -0.2) is 4.98 Å². The van der Waals surface area contributed by atoms with Gasteiger partial charge in [0.2, 0.25) is 0 Å². The molecule has 0 aliphatic heterocycles. The van der Waals surface area contributed by atoms with Gasteiger partial charge in [-0.15, -0.1) is 0 Å². The first kappa shape index (κ1) is 11.1. The third-order valence-corrected chi connectivity index (χ3v) is 3.00.